The number of methoxy groups -OCH3 is 4. The van der Waals surface area contributed by atoms with Gasteiger partial charge in [0.1, 0.15) is 5.88 Å². The molecule has 0 N–H and O–H groups in total. The highest BCUT2D eigenvalue weighted by Gasteiger charge is 2.20. The molecule has 14 nitrogen and oxygen atoms in total. The molecular weight excluding hydrogens is 520 g/mol. The second kappa shape index (κ2) is 16.9. The van der Waals surface area contributed by atoms with Crippen molar-refractivity contribution in [2.24, 2.45) is 0 Å². The van der Waals surface area contributed by atoms with Crippen molar-refractivity contribution in [1.82, 2.24) is 0 Å². The van der Waals surface area contributed by atoms with Gasteiger partial charge in [-0.25, -0.2) is 9.59 Å². The molecule has 0 unspecified atom stereocenters. The molecular formula is C22H23ClN2O12. The highest BCUT2D eigenvalue weighted by Crippen LogP contribution is 2.21. The van der Waals surface area contributed by atoms with Crippen molar-refractivity contribution >= 4 is 46.9 Å². The standard InChI is InChI=1S/C11H11NO6.C8H7NO4.C3H5ClO2/c1-17-10(13)6-7-3-4-8(11(14)18-2)5-9(7)12(15)16;1-13-8(10)6-3-2-4-7(5-6)9(11)12;1-6-3(5)2-4/h3-5H,6H2,1-2H3;2-5H,1H3;2H2,1H3. The number of rotatable bonds is 7. The number of nitro benzene ring substituents is 2. The topological polar surface area (TPSA) is 191 Å². The summed E-state index contributed by atoms with van der Waals surface area (Å²) in [5.74, 6) is -2.30. The summed E-state index contributed by atoms with van der Waals surface area (Å²) < 4.78 is 17.4. The van der Waals surface area contributed by atoms with Crippen LogP contribution in [0.4, 0.5) is 11.4 Å². The largest absolute Gasteiger partial charge is 0.469 e. The van der Waals surface area contributed by atoms with Crippen molar-refractivity contribution in [1.29, 1.82) is 0 Å². The Bertz CT molecular complexity index is 1130. The van der Waals surface area contributed by atoms with Gasteiger partial charge in [-0.15, -0.1) is 11.6 Å². The van der Waals surface area contributed by atoms with E-state index in [0.717, 1.165) is 6.07 Å². The Morgan fingerprint density at radius 3 is 1.70 bits per heavy atom. The van der Waals surface area contributed by atoms with Crippen molar-refractivity contribution < 1.29 is 48.0 Å². The fourth-order valence-electron chi connectivity index (χ4n) is 2.27. The van der Waals surface area contributed by atoms with E-state index in [0.29, 0.717) is 0 Å². The Hall–Kier alpha value is -4.59. The Morgan fingerprint density at radius 1 is 0.757 bits per heavy atom. The Kier molecular flexibility index (Phi) is 14.8. The lowest BCUT2D eigenvalue weighted by Crippen LogP contribution is -2.08. The van der Waals surface area contributed by atoms with Crippen LogP contribution in [0, 0.1) is 20.2 Å². The monoisotopic (exact) mass is 542 g/mol. The van der Waals surface area contributed by atoms with E-state index in [-0.39, 0.29) is 40.4 Å². The van der Waals surface area contributed by atoms with Crippen LogP contribution in [-0.2, 0) is 35.0 Å². The van der Waals surface area contributed by atoms with E-state index in [1.165, 1.54) is 64.8 Å². The van der Waals surface area contributed by atoms with Gasteiger partial charge in [-0.05, 0) is 12.1 Å². The lowest BCUT2D eigenvalue weighted by atomic mass is 10.1. The van der Waals surface area contributed by atoms with E-state index in [1.807, 2.05) is 0 Å². The first-order valence-corrected chi connectivity index (χ1v) is 10.4. The molecule has 0 fully saturated rings. The number of hydrogen-bond acceptors (Lipinski definition) is 12. The third-order valence-corrected chi connectivity index (χ3v) is 4.30. The quantitative estimate of drug-likeness (QED) is 0.163. The van der Waals surface area contributed by atoms with Gasteiger partial charge in [0, 0.05) is 23.8 Å². The minimum Gasteiger partial charge on any atom is -0.469 e. The number of hydrogen-bond donors (Lipinski definition) is 0. The summed E-state index contributed by atoms with van der Waals surface area (Å²) >= 11 is 4.98. The van der Waals surface area contributed by atoms with Crippen LogP contribution in [0.1, 0.15) is 26.3 Å². The maximum atomic E-state index is 11.2. The summed E-state index contributed by atoms with van der Waals surface area (Å²) in [5, 5.41) is 21.2. The zero-order valence-corrected chi connectivity index (χ0v) is 20.9. The molecule has 0 spiro atoms. The van der Waals surface area contributed by atoms with Gasteiger partial charge in [0.05, 0.1) is 55.8 Å². The van der Waals surface area contributed by atoms with Gasteiger partial charge in [0.2, 0.25) is 0 Å². The molecule has 0 heterocycles. The molecule has 200 valence electrons. The lowest BCUT2D eigenvalue weighted by Gasteiger charge is -2.04. The molecule has 0 atom stereocenters. The summed E-state index contributed by atoms with van der Waals surface area (Å²) in [6, 6.07) is 9.14. The molecule has 0 aliphatic heterocycles. The van der Waals surface area contributed by atoms with Gasteiger partial charge in [0.25, 0.3) is 11.4 Å². The Balaban J connectivity index is 0.000000594. The van der Waals surface area contributed by atoms with Crippen molar-refractivity contribution in [2.45, 2.75) is 6.42 Å². The molecule has 0 saturated heterocycles. The SMILES string of the molecule is COC(=O)CCl.COC(=O)Cc1ccc(C(=O)OC)cc1[N+](=O)[O-].COC(=O)c1cccc([N+](=O)[O-])c1. The van der Waals surface area contributed by atoms with Crippen LogP contribution in [0.5, 0.6) is 0 Å². The normalized spacial score (nSPS) is 9.22. The van der Waals surface area contributed by atoms with E-state index in [4.69, 9.17) is 11.6 Å². The minimum absolute atomic E-state index is 0.0535. The zero-order valence-electron chi connectivity index (χ0n) is 20.1. The molecule has 0 aliphatic carbocycles. The van der Waals surface area contributed by atoms with Gasteiger partial charge in [-0.2, -0.15) is 0 Å². The number of carbonyl (C=O) groups is 4. The molecule has 0 amide bonds. The van der Waals surface area contributed by atoms with Crippen LogP contribution in [0.25, 0.3) is 0 Å². The molecule has 37 heavy (non-hydrogen) atoms. The number of halogens is 1. The first-order valence-electron chi connectivity index (χ1n) is 9.83. The van der Waals surface area contributed by atoms with Crippen LogP contribution in [0.3, 0.4) is 0 Å². The maximum Gasteiger partial charge on any atom is 0.338 e. The van der Waals surface area contributed by atoms with Crippen molar-refractivity contribution in [3.05, 3.63) is 79.4 Å². The predicted octanol–water partition coefficient (Wildman–Crippen LogP) is 2.88. The smallest absolute Gasteiger partial charge is 0.338 e. The number of carbonyl (C=O) groups excluding carboxylic acids is 4. The van der Waals surface area contributed by atoms with Gasteiger partial charge < -0.3 is 18.9 Å². The van der Waals surface area contributed by atoms with E-state index in [2.05, 4.69) is 18.9 Å². The molecule has 2 aromatic carbocycles. The van der Waals surface area contributed by atoms with Gasteiger partial charge in [0.15, 0.2) is 0 Å². The highest BCUT2D eigenvalue weighted by molar-refractivity contribution is 6.26. The number of esters is 4. The van der Waals surface area contributed by atoms with Crippen molar-refractivity contribution in [3.8, 4) is 0 Å². The second-order valence-corrected chi connectivity index (χ2v) is 6.62. The summed E-state index contributed by atoms with van der Waals surface area (Å²) in [7, 11) is 4.89. The first kappa shape index (κ1) is 32.4. The van der Waals surface area contributed by atoms with E-state index < -0.39 is 33.7 Å². The fourth-order valence-corrected chi connectivity index (χ4v) is 2.38. The minimum atomic E-state index is -0.678. The Labute approximate surface area is 215 Å². The van der Waals surface area contributed by atoms with Crippen molar-refractivity contribution in [3.63, 3.8) is 0 Å². The number of nitro groups is 2. The zero-order chi connectivity index (χ0) is 28.5. The summed E-state index contributed by atoms with van der Waals surface area (Å²) in [4.78, 5) is 63.1. The van der Waals surface area contributed by atoms with Crippen LogP contribution in [0.2, 0.25) is 0 Å². The van der Waals surface area contributed by atoms with Gasteiger partial charge >= 0.3 is 23.9 Å². The highest BCUT2D eigenvalue weighted by atomic mass is 35.5. The third kappa shape index (κ3) is 11.6. The maximum absolute atomic E-state index is 11.2. The molecule has 0 aromatic heterocycles. The van der Waals surface area contributed by atoms with Crippen LogP contribution >= 0.6 is 11.6 Å². The number of alkyl halides is 1. The average molecular weight is 543 g/mol. The first-order chi connectivity index (χ1) is 17.4. The Morgan fingerprint density at radius 2 is 1.30 bits per heavy atom. The van der Waals surface area contributed by atoms with Crippen LogP contribution in [-0.4, -0.2) is 68.0 Å². The lowest BCUT2D eigenvalue weighted by molar-refractivity contribution is -0.385. The average Bonchev–Trinajstić information content (AvgIpc) is 2.92. The molecule has 0 bridgehead atoms. The third-order valence-electron chi connectivity index (χ3n) is 4.08. The second-order valence-electron chi connectivity index (χ2n) is 6.35. The van der Waals surface area contributed by atoms with Crippen LogP contribution in [0.15, 0.2) is 42.5 Å². The molecule has 0 radical (unpaired) electrons. The molecule has 15 heteroatoms. The summed E-state index contributed by atoms with van der Waals surface area (Å²) in [6.45, 7) is 0. The number of benzene rings is 2. The number of non-ortho nitro benzene ring substituents is 1. The van der Waals surface area contributed by atoms with Crippen molar-refractivity contribution in [2.75, 3.05) is 34.3 Å². The predicted molar refractivity (Wildman–Crippen MR) is 127 cm³/mol. The van der Waals surface area contributed by atoms with Crippen LogP contribution < -0.4 is 0 Å². The summed E-state index contributed by atoms with van der Waals surface area (Å²) in [5.41, 5.74) is -0.0276. The van der Waals surface area contributed by atoms with Gasteiger partial charge in [-0.3, -0.25) is 29.8 Å². The molecule has 0 saturated carbocycles. The molecule has 2 aromatic rings. The van der Waals surface area contributed by atoms with E-state index in [9.17, 15) is 39.4 Å². The number of ether oxygens (including phenoxy) is 4. The fraction of sp³-hybridized carbons (Fsp3) is 0.273. The molecule has 2 rings (SSSR count). The van der Waals surface area contributed by atoms with E-state index >= 15 is 0 Å². The summed E-state index contributed by atoms with van der Waals surface area (Å²) in [6.07, 6.45) is -0.228. The van der Waals surface area contributed by atoms with Gasteiger partial charge in [-0.1, -0.05) is 12.1 Å². The number of nitrogens with zero attached hydrogens (tertiary/aromatic N) is 2. The van der Waals surface area contributed by atoms with E-state index in [1.54, 1.807) is 0 Å². The molecule has 0 aliphatic rings.